The van der Waals surface area contributed by atoms with Crippen molar-refractivity contribution in [2.45, 2.75) is 176 Å². The second-order valence-electron chi connectivity index (χ2n) is 29.7. The number of rotatable bonds is 14. The molecule has 8 unspecified atom stereocenters. The van der Waals surface area contributed by atoms with E-state index in [1.54, 1.807) is 0 Å². The monoisotopic (exact) mass is 1630 g/mol. The lowest BCUT2D eigenvalue weighted by molar-refractivity contribution is -0.277. The standard InChI is InChI=1S/C81H86Cl2N6O26/c1-34(2)7-5-3-4-6-8-63(98)87-68-72(102)70(100)61(32-90)113-80(68)115-75-59-25-40-26-60(75)111-56-16-12-38(23-49(56)83)69(99)47-30-53(96)45(36-10-13-51(94)46(22-36)64-41(31-85-76(47)105)20-43(93)28-58(64)112-81-74(104)73(103)71(101)62(33-91)114-81)29-54(97)66(40)88-79(108)67-39-19-42(92)27-44(21-39)109-57-24-37(11-14-52(57)95)65(84)78(107)86-50(77(106)89-67)18-35-9-15-55(110-59)48(82)17-35/h9-17,19-28,34,45,47,50,61-62,65-74,80-81,90-95,99-104H,3-8,18,29-33,84H2,1-2H3,(H,85,105)(H,86,107)(H,87,98)(H,88,108)(H,89,106)/t45-,47+,50-,61?,62?,65-,66-,67+,68+,69-,70?,71?,72-,73?,74?,80?,81?/m1/s1. The molecule has 0 radical (unpaired) electrons. The fraction of sp³-hybridized carbons (Fsp3) is 0.395. The number of phenolic OH excluding ortho intramolecular Hbond substituents is 4. The molecule has 8 heterocycles. The topological polar surface area (TPSA) is 513 Å². The summed E-state index contributed by atoms with van der Waals surface area (Å²) in [7, 11) is 0. The van der Waals surface area contributed by atoms with Gasteiger partial charge in [0.25, 0.3) is 0 Å². The van der Waals surface area contributed by atoms with Crippen LogP contribution in [0.25, 0.3) is 11.1 Å². The van der Waals surface area contributed by atoms with Crippen LogP contribution in [0.4, 0.5) is 0 Å². The van der Waals surface area contributed by atoms with Gasteiger partial charge in [-0.05, 0) is 130 Å². The molecule has 115 heavy (non-hydrogen) atoms. The van der Waals surface area contributed by atoms with Gasteiger partial charge in [0.15, 0.2) is 28.8 Å². The minimum atomic E-state index is -2.20. The quantitative estimate of drug-likeness (QED) is 0.0606. The molecule has 0 saturated carbocycles. The Bertz CT molecular complexity index is 4900. The van der Waals surface area contributed by atoms with Crippen LogP contribution in [-0.4, -0.2) is 183 Å². The highest BCUT2D eigenvalue weighted by Gasteiger charge is 2.49. The van der Waals surface area contributed by atoms with Crippen molar-refractivity contribution in [2.24, 2.45) is 17.6 Å². The maximum absolute atomic E-state index is 16.7. The molecule has 34 heteroatoms. The summed E-state index contributed by atoms with van der Waals surface area (Å²) in [6, 6.07) is 13.9. The number of ketones is 2. The van der Waals surface area contributed by atoms with Crippen molar-refractivity contribution in [3.05, 3.63) is 164 Å². The number of carbonyl (C=O) groups is 7. The van der Waals surface area contributed by atoms with Crippen molar-refractivity contribution in [2.75, 3.05) is 13.2 Å². The highest BCUT2D eigenvalue weighted by atomic mass is 35.5. The first-order valence-electron chi connectivity index (χ1n) is 37.3. The number of aliphatic hydroxyl groups is 8. The van der Waals surface area contributed by atoms with Crippen molar-refractivity contribution in [1.82, 2.24) is 26.6 Å². The Labute approximate surface area is 666 Å². The number of aromatic hydroxyl groups is 4. The van der Waals surface area contributed by atoms with Gasteiger partial charge in [0.1, 0.15) is 119 Å². The van der Waals surface area contributed by atoms with E-state index in [0.717, 1.165) is 61.7 Å². The number of phenols is 4. The van der Waals surface area contributed by atoms with Crippen LogP contribution in [0.2, 0.25) is 10.0 Å². The van der Waals surface area contributed by atoms with E-state index in [2.05, 4.69) is 40.4 Å². The number of amides is 5. The Morgan fingerprint density at radius 2 is 1.19 bits per heavy atom. The molecule has 0 spiro atoms. The molecular formula is C81H86Cl2N6O26. The largest absolute Gasteiger partial charge is 0.508 e. The zero-order chi connectivity index (χ0) is 82.1. The van der Waals surface area contributed by atoms with E-state index in [4.69, 9.17) is 62.1 Å². The SMILES string of the molecule is CC(C)CCCCCCC(=O)N[C@@H]1C(Oc2c3cc4cc2Oc2ccc(cc2Cl)[C@@H](O)[C@@H]2CC(=O)[C@H](CC(=O)[C@@H]4NC(=O)[C@H]4NC(=O)[C@@H](Cc5ccc(c(Cl)c5)O3)NC(=O)[C@H](N)c3ccc(O)c(c3)Oc3cc(O)cc4c3)c3ccc(O)c(c3)-c3c(cc(O)cc3OC3OC(CO)C(O)C(O)C3O)CNC2=O)OC(CO)C(O)[C@@H]1O. The van der Waals surface area contributed by atoms with Crippen molar-refractivity contribution in [3.63, 3.8) is 0 Å². The highest BCUT2D eigenvalue weighted by molar-refractivity contribution is 6.32. The smallest absolute Gasteiger partial charge is 0.248 e. The summed E-state index contributed by atoms with van der Waals surface area (Å²) in [6.45, 7) is 1.80. The van der Waals surface area contributed by atoms with Gasteiger partial charge in [0, 0.05) is 61.4 Å². The lowest BCUT2D eigenvalue weighted by Crippen LogP contribution is -2.65. The molecule has 2 saturated heterocycles. The molecule has 32 nitrogen and oxygen atoms in total. The third-order valence-electron chi connectivity index (χ3n) is 21.2. The van der Waals surface area contributed by atoms with Crippen LogP contribution in [-0.2, 0) is 56.0 Å². The molecule has 610 valence electrons. The first-order valence-corrected chi connectivity index (χ1v) is 38.1. The fourth-order valence-corrected chi connectivity index (χ4v) is 15.4. The maximum Gasteiger partial charge on any atom is 0.248 e. The first kappa shape index (κ1) is 82.5. The van der Waals surface area contributed by atoms with Crippen molar-refractivity contribution < 1.29 is 128 Å². The van der Waals surface area contributed by atoms with Crippen LogP contribution < -0.4 is 56.0 Å². The molecule has 7 aromatic rings. The van der Waals surface area contributed by atoms with Crippen LogP contribution >= 0.6 is 23.2 Å². The molecule has 2 fully saturated rings. The summed E-state index contributed by atoms with van der Waals surface area (Å²) in [6.07, 6.45) is -17.3. The molecule has 19 N–H and O–H groups in total. The van der Waals surface area contributed by atoms with Crippen molar-refractivity contribution in [1.29, 1.82) is 0 Å². The maximum atomic E-state index is 16.7. The number of Topliss-reactive ketones (excluding diaryl/α,β-unsaturated/α-hetero) is 2. The van der Waals surface area contributed by atoms with Gasteiger partial charge < -0.3 is 127 Å². The van der Waals surface area contributed by atoms with Gasteiger partial charge >= 0.3 is 0 Å². The summed E-state index contributed by atoms with van der Waals surface area (Å²) < 4.78 is 44.6. The summed E-state index contributed by atoms with van der Waals surface area (Å²) in [5, 5.41) is 149. The van der Waals surface area contributed by atoms with Gasteiger partial charge in [0.2, 0.25) is 47.9 Å². The third-order valence-corrected chi connectivity index (χ3v) is 21.7. The molecule has 7 aromatic carbocycles. The second kappa shape index (κ2) is 34.9. The van der Waals surface area contributed by atoms with Gasteiger partial charge in [-0.25, -0.2) is 0 Å². The predicted molar refractivity (Wildman–Crippen MR) is 405 cm³/mol. The van der Waals surface area contributed by atoms with Gasteiger partial charge in [-0.3, -0.25) is 33.6 Å². The van der Waals surface area contributed by atoms with Crippen LogP contribution in [0.3, 0.4) is 0 Å². The Morgan fingerprint density at radius 1 is 0.557 bits per heavy atom. The molecule has 17 atom stereocenters. The Morgan fingerprint density at radius 3 is 1.90 bits per heavy atom. The number of nitrogens with two attached hydrogens (primary N) is 1. The normalized spacial score (nSPS) is 27.0. The number of benzene rings is 7. The van der Waals surface area contributed by atoms with Gasteiger partial charge in [0.05, 0.1) is 35.3 Å². The first-order chi connectivity index (χ1) is 54.9. The molecule has 15 rings (SSSR count). The molecular weight excluding hydrogens is 1540 g/mol. The van der Waals surface area contributed by atoms with E-state index in [0.29, 0.717) is 18.8 Å². The number of unbranched alkanes of at least 4 members (excludes halogenated alkanes) is 3. The number of carbonyl (C=O) groups excluding carboxylic acids is 7. The van der Waals surface area contributed by atoms with E-state index in [1.165, 1.54) is 72.8 Å². The number of fused-ring (bicyclic) bond motifs is 14. The van der Waals surface area contributed by atoms with Gasteiger partial charge in [-0.15, -0.1) is 0 Å². The van der Waals surface area contributed by atoms with Gasteiger partial charge in [-0.1, -0.05) is 87.0 Å². The number of hydrogen-bond donors (Lipinski definition) is 18. The van der Waals surface area contributed by atoms with E-state index < -0.39 is 230 Å². The summed E-state index contributed by atoms with van der Waals surface area (Å²) in [5.74, 6) is -15.6. The Balaban J connectivity index is 1.03. The molecule has 0 aromatic heterocycles. The average molecular weight is 1630 g/mol. The highest BCUT2D eigenvalue weighted by Crippen LogP contribution is 2.51. The van der Waals surface area contributed by atoms with Crippen LogP contribution in [0.15, 0.2) is 115 Å². The summed E-state index contributed by atoms with van der Waals surface area (Å²) >= 11 is 14.4. The van der Waals surface area contributed by atoms with Crippen molar-refractivity contribution >= 4 is 64.3 Å². The van der Waals surface area contributed by atoms with Crippen LogP contribution in [0.5, 0.6) is 69.0 Å². The minimum Gasteiger partial charge on any atom is -0.508 e. The van der Waals surface area contributed by atoms with Gasteiger partial charge in [-0.2, -0.15) is 0 Å². The van der Waals surface area contributed by atoms with Crippen LogP contribution in [0, 0.1) is 11.8 Å². The third kappa shape index (κ3) is 18.0. The molecule has 8 aliphatic rings. The number of aliphatic hydroxyl groups excluding tert-OH is 8. The van der Waals surface area contributed by atoms with E-state index in [9.17, 15) is 70.9 Å². The number of hydrogen-bond acceptors (Lipinski definition) is 27. The molecule has 8 aliphatic heterocycles. The van der Waals surface area contributed by atoms with E-state index in [1.807, 2.05) is 0 Å². The van der Waals surface area contributed by atoms with E-state index in [-0.39, 0.29) is 89.5 Å². The van der Waals surface area contributed by atoms with Crippen LogP contribution in [0.1, 0.15) is 134 Å². The van der Waals surface area contributed by atoms with E-state index >= 15 is 24.0 Å². The number of nitrogens with one attached hydrogen (secondary N) is 5. The number of ether oxygens (including phenoxy) is 7. The second-order valence-corrected chi connectivity index (χ2v) is 30.5. The Kier molecular flexibility index (Phi) is 25.1. The lowest BCUT2D eigenvalue weighted by Gasteiger charge is -2.42. The predicted octanol–water partition coefficient (Wildman–Crippen LogP) is 5.40. The zero-order valence-corrected chi connectivity index (χ0v) is 63.3. The Hall–Kier alpha value is -10.4. The summed E-state index contributed by atoms with van der Waals surface area (Å²) in [4.78, 5) is 108. The molecule has 0 aliphatic carbocycles. The molecule has 5 amide bonds. The molecule has 17 bridgehead atoms. The van der Waals surface area contributed by atoms with Crippen molar-refractivity contribution in [3.8, 4) is 80.1 Å². The average Bonchev–Trinajstić information content (AvgIpc) is 0.768. The lowest BCUT2D eigenvalue weighted by atomic mass is 9.80. The summed E-state index contributed by atoms with van der Waals surface area (Å²) in [5.41, 5.74) is 5.54. The zero-order valence-electron chi connectivity index (χ0n) is 61.8. The fourth-order valence-electron chi connectivity index (χ4n) is 14.9. The minimum absolute atomic E-state index is 0.0532. The number of halogens is 2.